The van der Waals surface area contributed by atoms with Gasteiger partial charge in [-0.1, -0.05) is 51.3 Å². The lowest BCUT2D eigenvalue weighted by Crippen LogP contribution is -2.23. The number of hydrogen-bond acceptors (Lipinski definition) is 23. The summed E-state index contributed by atoms with van der Waals surface area (Å²) >= 11 is 0. The largest absolute Gasteiger partial charge is 0.465 e. The minimum absolute atomic E-state index is 0. The van der Waals surface area contributed by atoms with Crippen molar-refractivity contribution in [2.45, 2.75) is 89.2 Å². The molecule has 0 aliphatic heterocycles. The maximum atomic E-state index is 12.9. The van der Waals surface area contributed by atoms with Crippen LogP contribution in [0.4, 0.5) is 17.5 Å². The van der Waals surface area contributed by atoms with Gasteiger partial charge in [-0.3, -0.25) is 39.5 Å². The van der Waals surface area contributed by atoms with E-state index in [9.17, 15) is 39.6 Å². The van der Waals surface area contributed by atoms with Crippen LogP contribution in [-0.4, -0.2) is 114 Å². The van der Waals surface area contributed by atoms with Gasteiger partial charge in [0, 0.05) is 174 Å². The number of carbonyl (C=O) groups is 3. The standard InChI is InChI=1S/2C28H25N5O3S.C19H18N2O4S.C10H11N3.2CH4/c2*1-17-9-22-11-19(13-25(37(2,35)36)26(22)32-15-17)12-23-14-21(6-7-30-23)28(34)33-16-18-3-4-24-20(10-18)5-8-31-27(24)29;1-12-6-15-7-13(9-17(26(3,23)24)18(15)21-11-12)8-16-10-14(4-5-20-16)19(22)25-2;11-6-7-1-2-9-8(5-7)3-4-13-10(9)12;;/h2*3-11,13-15H,12,16H2,1-2H3,(H2,29,31)(H,33,34);4-7,9-11H,8H2,1-3H3;1-5H,6,11H2,(H2,12,13);2*1H4. The van der Waals surface area contributed by atoms with Gasteiger partial charge in [-0.25, -0.2) is 45.0 Å². The predicted octanol–water partition coefficient (Wildman–Crippen LogP) is 13.3. The smallest absolute Gasteiger partial charge is 0.337 e. The van der Waals surface area contributed by atoms with E-state index in [0.29, 0.717) is 107 Å². The number of esters is 1. The molecule has 0 saturated heterocycles. The van der Waals surface area contributed by atoms with E-state index in [1.165, 1.54) is 32.1 Å². The number of rotatable bonds is 17. The van der Waals surface area contributed by atoms with Crippen molar-refractivity contribution in [3.63, 3.8) is 0 Å². The number of ether oxygens (including phenoxy) is 1. The fourth-order valence-electron chi connectivity index (χ4n) is 12.9. The zero-order chi connectivity index (χ0) is 80.5. The van der Waals surface area contributed by atoms with Gasteiger partial charge in [-0.05, 0) is 214 Å². The van der Waals surface area contributed by atoms with Crippen molar-refractivity contribution in [3.8, 4) is 0 Å². The number of aryl methyl sites for hydroxylation is 3. The number of nitrogens with one attached hydrogen (secondary N) is 2. The van der Waals surface area contributed by atoms with Crippen LogP contribution in [0, 0.1) is 20.8 Å². The molecule has 0 saturated carbocycles. The van der Waals surface area contributed by atoms with Crippen LogP contribution in [0.25, 0.3) is 65.0 Å². The minimum Gasteiger partial charge on any atom is -0.465 e. The highest BCUT2D eigenvalue weighted by molar-refractivity contribution is 7.91. The van der Waals surface area contributed by atoms with Crippen LogP contribution in [0.5, 0.6) is 0 Å². The van der Waals surface area contributed by atoms with E-state index in [0.717, 1.165) is 98.5 Å². The molecule has 0 spiro atoms. The number of aromatic nitrogens is 9. The van der Waals surface area contributed by atoms with Crippen molar-refractivity contribution in [2.75, 3.05) is 43.1 Å². The zero-order valence-electron chi connectivity index (χ0n) is 62.7. The summed E-state index contributed by atoms with van der Waals surface area (Å²) in [5, 5.41) is 13.9. The second-order valence-electron chi connectivity index (χ2n) is 27.3. The molecule has 6 aromatic carbocycles. The average Bonchev–Trinajstić information content (AvgIpc) is 0.785. The lowest BCUT2D eigenvalue weighted by Gasteiger charge is -2.10. The molecule has 0 fully saturated rings. The molecule has 0 aliphatic carbocycles. The Balaban J connectivity index is 0.000000169. The number of hydrogen-bond donors (Lipinski definition) is 6. The van der Waals surface area contributed by atoms with Crippen molar-refractivity contribution < 1.29 is 44.4 Å². The number of anilines is 3. The topological polar surface area (TPSA) is 407 Å². The average molecular weight is 1600 g/mol. The molecule has 9 aromatic heterocycles. The number of nitrogens with two attached hydrogens (primary N) is 4. The normalized spacial score (nSPS) is 11.3. The zero-order valence-corrected chi connectivity index (χ0v) is 65.1. The summed E-state index contributed by atoms with van der Waals surface area (Å²) in [6.07, 6.45) is 19.3. The summed E-state index contributed by atoms with van der Waals surface area (Å²) < 4.78 is 78.9. The van der Waals surface area contributed by atoms with Gasteiger partial charge in [-0.15, -0.1) is 0 Å². The Bertz CT molecular complexity index is 6350. The molecule has 25 nitrogen and oxygen atoms in total. The molecule has 15 aromatic rings. The van der Waals surface area contributed by atoms with E-state index in [1.807, 2.05) is 130 Å². The molecule has 0 aliphatic rings. The van der Waals surface area contributed by atoms with Gasteiger partial charge in [0.25, 0.3) is 11.8 Å². The van der Waals surface area contributed by atoms with E-state index < -0.39 is 35.5 Å². The van der Waals surface area contributed by atoms with E-state index in [-0.39, 0.29) is 41.4 Å². The molecule has 10 N–H and O–H groups in total. The van der Waals surface area contributed by atoms with Crippen molar-refractivity contribution >= 4 is 130 Å². The third-order valence-corrected chi connectivity index (χ3v) is 21.6. The SMILES string of the molecule is C.C.COC(=O)c1ccnc(Cc2cc(S(C)(=O)=O)c3ncc(C)cc3c2)c1.Cc1cnc2c(S(C)(=O)=O)cc(Cc3cc(C(=O)NCc4ccc5c(N)nccc5c4)ccn3)cc2c1.Cc1cnc2c(S(C)(=O)=O)cc(Cc3cc(C(=O)NCc4ccc5c(N)nccc5c4)ccn3)cc2c1.NCc1ccc2c(N)nccc2c1. The van der Waals surface area contributed by atoms with Crippen LogP contribution in [0.3, 0.4) is 0 Å². The Morgan fingerprint density at radius 3 is 0.974 bits per heavy atom. The van der Waals surface area contributed by atoms with E-state index >= 15 is 0 Å². The van der Waals surface area contributed by atoms with Crippen LogP contribution in [-0.2, 0) is 73.1 Å². The van der Waals surface area contributed by atoms with Crippen molar-refractivity contribution in [2.24, 2.45) is 5.73 Å². The number of amides is 2. The Hall–Kier alpha value is -13.2. The van der Waals surface area contributed by atoms with Crippen molar-refractivity contribution in [1.82, 2.24) is 55.5 Å². The van der Waals surface area contributed by atoms with Gasteiger partial charge in [0.1, 0.15) is 17.5 Å². The Morgan fingerprint density at radius 1 is 0.357 bits per heavy atom. The van der Waals surface area contributed by atoms with Gasteiger partial charge >= 0.3 is 5.97 Å². The van der Waals surface area contributed by atoms with Crippen LogP contribution in [0.1, 0.15) is 113 Å². The van der Waals surface area contributed by atoms with Crippen LogP contribution in [0.15, 0.2) is 234 Å². The number of fused-ring (bicyclic) bond motifs is 6. The molecular weight excluding hydrogens is 1510 g/mol. The summed E-state index contributed by atoms with van der Waals surface area (Å²) in [4.78, 5) is 76.2. The molecule has 0 atom stereocenters. The lowest BCUT2D eigenvalue weighted by atomic mass is 10.0. The molecule has 2 amide bonds. The first kappa shape index (κ1) is 84.3. The number of methoxy groups -OCH3 is 1. The van der Waals surface area contributed by atoms with E-state index in [2.05, 4.69) is 55.5 Å². The molecule has 28 heteroatoms. The molecular formula is C87H87N15O10S3. The van der Waals surface area contributed by atoms with Crippen LogP contribution >= 0.6 is 0 Å². The van der Waals surface area contributed by atoms with Crippen molar-refractivity contribution in [3.05, 3.63) is 303 Å². The Morgan fingerprint density at radius 2 is 0.652 bits per heavy atom. The summed E-state index contributed by atoms with van der Waals surface area (Å²) in [5.41, 5.74) is 35.9. The molecule has 9 heterocycles. The number of nitrogen functional groups attached to an aromatic ring is 3. The molecule has 115 heavy (non-hydrogen) atoms. The number of carbonyl (C=O) groups excluding carboxylic acids is 3. The first-order valence-electron chi connectivity index (χ1n) is 35.3. The van der Waals surface area contributed by atoms with Crippen LogP contribution in [0.2, 0.25) is 0 Å². The summed E-state index contributed by atoms with van der Waals surface area (Å²) in [7, 11) is -9.09. The molecule has 15 rings (SSSR count). The number of nitrogens with zero attached hydrogens (tertiary/aromatic N) is 9. The summed E-state index contributed by atoms with van der Waals surface area (Å²) in [6.45, 7) is 6.98. The fraction of sp³-hybridized carbons (Fsp3) is 0.172. The molecule has 588 valence electrons. The van der Waals surface area contributed by atoms with Crippen LogP contribution < -0.4 is 33.6 Å². The minimum atomic E-state index is -3.49. The first-order valence-corrected chi connectivity index (χ1v) is 41.0. The Labute approximate surface area is 666 Å². The maximum Gasteiger partial charge on any atom is 0.337 e. The second-order valence-corrected chi connectivity index (χ2v) is 33.3. The third kappa shape index (κ3) is 21.0. The Kier molecular flexibility index (Phi) is 26.5. The number of sulfone groups is 3. The summed E-state index contributed by atoms with van der Waals surface area (Å²) in [5.74, 6) is 0.615. The lowest BCUT2D eigenvalue weighted by molar-refractivity contribution is 0.0600. The van der Waals surface area contributed by atoms with Gasteiger partial charge in [0.05, 0.1) is 43.9 Å². The molecule has 0 bridgehead atoms. The van der Waals surface area contributed by atoms with Crippen molar-refractivity contribution in [1.29, 1.82) is 0 Å². The number of pyridine rings is 9. The number of benzene rings is 6. The second kappa shape index (κ2) is 36.1. The predicted molar refractivity (Wildman–Crippen MR) is 453 cm³/mol. The maximum absolute atomic E-state index is 12.9. The van der Waals surface area contributed by atoms with Gasteiger partial charge in [0.15, 0.2) is 29.5 Å². The molecule has 0 unspecified atom stereocenters. The van der Waals surface area contributed by atoms with Gasteiger partial charge in [0.2, 0.25) is 0 Å². The van der Waals surface area contributed by atoms with Gasteiger partial charge in [-0.2, -0.15) is 0 Å². The fourth-order valence-corrected chi connectivity index (χ4v) is 15.5. The van der Waals surface area contributed by atoms with E-state index in [4.69, 9.17) is 27.7 Å². The monoisotopic (exact) mass is 1600 g/mol. The van der Waals surface area contributed by atoms with Gasteiger partial charge < -0.3 is 38.3 Å². The quantitative estimate of drug-likeness (QED) is 0.0461. The summed E-state index contributed by atoms with van der Waals surface area (Å²) in [6, 6.07) is 49.5. The molecule has 0 radical (unpaired) electrons. The third-order valence-electron chi connectivity index (χ3n) is 18.3. The highest BCUT2D eigenvalue weighted by Crippen LogP contribution is 2.31. The van der Waals surface area contributed by atoms with E-state index in [1.54, 1.807) is 104 Å². The highest BCUT2D eigenvalue weighted by Gasteiger charge is 2.21. The highest BCUT2D eigenvalue weighted by atomic mass is 32.2. The first-order chi connectivity index (χ1) is 53.9.